The van der Waals surface area contributed by atoms with Gasteiger partial charge < -0.3 is 11.1 Å². The van der Waals surface area contributed by atoms with E-state index in [0.717, 1.165) is 17.7 Å². The molecule has 0 aromatic heterocycles. The quantitative estimate of drug-likeness (QED) is 0.603. The molecule has 1 spiro atoms. The summed E-state index contributed by atoms with van der Waals surface area (Å²) < 4.78 is 0. The molecule has 3 N–H and O–H groups in total. The van der Waals surface area contributed by atoms with E-state index in [4.69, 9.17) is 17.3 Å². The van der Waals surface area contributed by atoms with E-state index in [1.54, 1.807) is 17.0 Å². The number of benzene rings is 2. The van der Waals surface area contributed by atoms with Crippen LogP contribution in [0.5, 0.6) is 0 Å². The molecule has 1 atom stereocenters. The lowest BCUT2D eigenvalue weighted by molar-refractivity contribution is -0.123. The van der Waals surface area contributed by atoms with E-state index in [9.17, 15) is 14.9 Å². The predicted molar refractivity (Wildman–Crippen MR) is 137 cm³/mol. The third-order valence-electron chi connectivity index (χ3n) is 7.47. The summed E-state index contributed by atoms with van der Waals surface area (Å²) in [4.78, 5) is 29.6. The molecule has 0 bridgehead atoms. The predicted octanol–water partition coefficient (Wildman–Crippen LogP) is 5.26. The van der Waals surface area contributed by atoms with Gasteiger partial charge in [-0.05, 0) is 54.5 Å². The second-order valence-electron chi connectivity index (χ2n) is 10.3. The summed E-state index contributed by atoms with van der Waals surface area (Å²) in [5, 5.41) is 13.8. The van der Waals surface area contributed by atoms with Gasteiger partial charge in [0.15, 0.2) is 5.78 Å². The van der Waals surface area contributed by atoms with E-state index < -0.39 is 11.3 Å². The van der Waals surface area contributed by atoms with E-state index in [1.165, 1.54) is 0 Å². The van der Waals surface area contributed by atoms with Crippen LogP contribution in [0.25, 0.3) is 0 Å². The molecule has 0 saturated heterocycles. The summed E-state index contributed by atoms with van der Waals surface area (Å²) in [5.74, 6) is -0.433. The Morgan fingerprint density at radius 3 is 2.46 bits per heavy atom. The Morgan fingerprint density at radius 2 is 1.83 bits per heavy atom. The van der Waals surface area contributed by atoms with Crippen molar-refractivity contribution < 1.29 is 9.59 Å². The van der Waals surface area contributed by atoms with Crippen molar-refractivity contribution in [2.75, 3.05) is 10.2 Å². The molecular formula is C28H27ClN4O2. The van der Waals surface area contributed by atoms with Gasteiger partial charge in [0.25, 0.3) is 0 Å². The van der Waals surface area contributed by atoms with Crippen molar-refractivity contribution in [3.63, 3.8) is 0 Å². The SMILES string of the molecule is CCc1ccc(N2C(N)=C(C#N)[C@]3(C(=O)Nc4c3ccc(Cl)c4C)C3=C2CC(C)(C)CC3=O)cc1. The van der Waals surface area contributed by atoms with Crippen LogP contribution in [0.2, 0.25) is 5.02 Å². The molecule has 35 heavy (non-hydrogen) atoms. The van der Waals surface area contributed by atoms with E-state index in [-0.39, 0.29) is 29.0 Å². The Morgan fingerprint density at radius 1 is 1.14 bits per heavy atom. The van der Waals surface area contributed by atoms with E-state index in [1.807, 2.05) is 45.0 Å². The van der Waals surface area contributed by atoms with Gasteiger partial charge in [-0.3, -0.25) is 14.5 Å². The smallest absolute Gasteiger partial charge is 0.245 e. The summed E-state index contributed by atoms with van der Waals surface area (Å²) in [6, 6.07) is 13.6. The third-order valence-corrected chi connectivity index (χ3v) is 7.88. The number of fused-ring (bicyclic) bond motifs is 3. The standard InChI is InChI=1S/C28H27ClN4O2/c1-5-16-6-8-17(9-7-16)33-21-12-27(3,4)13-22(34)23(21)28(19(14-30)25(33)31)18-10-11-20(29)15(2)24(18)32-26(28)35/h6-11H,5,12-13,31H2,1-4H3,(H,32,35)/t28-/m0/s1. The number of carbonyl (C=O) groups is 2. The first-order valence-corrected chi connectivity index (χ1v) is 12.1. The van der Waals surface area contributed by atoms with Crippen molar-refractivity contribution in [1.82, 2.24) is 0 Å². The van der Waals surface area contributed by atoms with Gasteiger partial charge in [-0.15, -0.1) is 0 Å². The van der Waals surface area contributed by atoms with Gasteiger partial charge in [0.05, 0.1) is 11.3 Å². The first-order valence-electron chi connectivity index (χ1n) is 11.7. The fourth-order valence-corrected chi connectivity index (χ4v) is 5.94. The number of Topliss-reactive ketones (excluding diaryl/α,β-unsaturated/α-hetero) is 1. The first-order chi connectivity index (χ1) is 16.6. The Kier molecular flexibility index (Phi) is 5.12. The summed E-state index contributed by atoms with van der Waals surface area (Å²) in [5.41, 5.74) is 9.56. The Hall–Kier alpha value is -3.56. The lowest BCUT2D eigenvalue weighted by Crippen LogP contribution is -2.52. The van der Waals surface area contributed by atoms with E-state index in [2.05, 4.69) is 18.3 Å². The normalized spacial score (nSPS) is 22.8. The van der Waals surface area contributed by atoms with Gasteiger partial charge in [-0.25, -0.2) is 0 Å². The number of nitrogens with zero attached hydrogens (tertiary/aromatic N) is 2. The van der Waals surface area contributed by atoms with Crippen LogP contribution in [0.3, 0.4) is 0 Å². The van der Waals surface area contributed by atoms with Gasteiger partial charge >= 0.3 is 0 Å². The molecule has 7 heteroatoms. The first kappa shape index (κ1) is 23.2. The van der Waals surface area contributed by atoms with Crippen LogP contribution in [0, 0.1) is 23.7 Å². The highest BCUT2D eigenvalue weighted by molar-refractivity contribution is 6.32. The lowest BCUT2D eigenvalue weighted by atomic mass is 9.60. The minimum atomic E-state index is -1.60. The molecule has 1 amide bonds. The van der Waals surface area contributed by atoms with Crippen molar-refractivity contribution >= 4 is 34.7 Å². The maximum absolute atomic E-state index is 13.9. The molecule has 3 aliphatic rings. The number of hydrogen-bond acceptors (Lipinski definition) is 5. The third kappa shape index (κ3) is 3.08. The molecule has 2 aliphatic heterocycles. The second-order valence-corrected chi connectivity index (χ2v) is 10.7. The zero-order chi connectivity index (χ0) is 25.3. The molecule has 2 heterocycles. The number of amides is 1. The minimum absolute atomic E-state index is 0.0573. The number of allylic oxidation sites excluding steroid dienone is 1. The van der Waals surface area contributed by atoms with Crippen LogP contribution >= 0.6 is 11.6 Å². The Bertz CT molecular complexity index is 1410. The number of halogens is 1. The van der Waals surface area contributed by atoms with Crippen molar-refractivity contribution in [3.8, 4) is 6.07 Å². The van der Waals surface area contributed by atoms with Crippen LogP contribution in [0.4, 0.5) is 11.4 Å². The number of nitrogens with one attached hydrogen (secondary N) is 1. The molecule has 1 aliphatic carbocycles. The second kappa shape index (κ2) is 7.73. The van der Waals surface area contributed by atoms with Gasteiger partial charge in [0, 0.05) is 34.0 Å². The fourth-order valence-electron chi connectivity index (χ4n) is 5.78. The molecule has 2 aromatic rings. The molecule has 2 aromatic carbocycles. The Balaban J connectivity index is 1.88. The number of ketones is 1. The van der Waals surface area contributed by atoms with Gasteiger partial charge in [0.2, 0.25) is 5.91 Å². The van der Waals surface area contributed by atoms with Crippen molar-refractivity contribution in [2.24, 2.45) is 11.1 Å². The van der Waals surface area contributed by atoms with Crippen LogP contribution < -0.4 is 16.0 Å². The van der Waals surface area contributed by atoms with E-state index >= 15 is 0 Å². The maximum atomic E-state index is 13.9. The topological polar surface area (TPSA) is 99.2 Å². The lowest BCUT2D eigenvalue weighted by Gasteiger charge is -2.46. The molecule has 6 nitrogen and oxygen atoms in total. The van der Waals surface area contributed by atoms with Crippen LogP contribution in [-0.2, 0) is 21.4 Å². The number of nitrogens with two attached hydrogens (primary N) is 1. The molecule has 0 saturated carbocycles. The number of anilines is 2. The van der Waals surface area contributed by atoms with Crippen molar-refractivity contribution in [2.45, 2.75) is 52.4 Å². The molecule has 5 rings (SSSR count). The molecule has 178 valence electrons. The van der Waals surface area contributed by atoms with Crippen molar-refractivity contribution in [3.05, 3.63) is 80.8 Å². The number of carbonyl (C=O) groups excluding carboxylic acids is 2. The Labute approximate surface area is 210 Å². The van der Waals surface area contributed by atoms with Crippen molar-refractivity contribution in [1.29, 1.82) is 5.26 Å². The van der Waals surface area contributed by atoms with Gasteiger partial charge in [0.1, 0.15) is 17.3 Å². The summed E-state index contributed by atoms with van der Waals surface area (Å²) in [6.07, 6.45) is 1.68. The number of aryl methyl sites for hydroxylation is 1. The van der Waals surface area contributed by atoms with E-state index in [0.29, 0.717) is 39.5 Å². The molecule has 0 radical (unpaired) electrons. The highest BCUT2D eigenvalue weighted by Crippen LogP contribution is 2.57. The van der Waals surface area contributed by atoms with Gasteiger partial charge in [-0.1, -0.05) is 50.6 Å². The number of nitriles is 1. The van der Waals surface area contributed by atoms with Crippen LogP contribution in [0.15, 0.2) is 59.1 Å². The highest BCUT2D eigenvalue weighted by Gasteiger charge is 2.61. The average Bonchev–Trinajstić information content (AvgIpc) is 3.08. The minimum Gasteiger partial charge on any atom is -0.384 e. The molecule has 0 unspecified atom stereocenters. The zero-order valence-electron chi connectivity index (χ0n) is 20.3. The number of hydrogen-bond donors (Lipinski definition) is 2. The average molecular weight is 487 g/mol. The fraction of sp³-hybridized carbons (Fsp3) is 0.321. The largest absolute Gasteiger partial charge is 0.384 e. The molecule has 0 fully saturated rings. The maximum Gasteiger partial charge on any atom is 0.245 e. The van der Waals surface area contributed by atoms with Gasteiger partial charge in [-0.2, -0.15) is 5.26 Å². The summed E-state index contributed by atoms with van der Waals surface area (Å²) >= 11 is 6.36. The number of rotatable bonds is 2. The highest BCUT2D eigenvalue weighted by atomic mass is 35.5. The van der Waals surface area contributed by atoms with Crippen LogP contribution in [-0.4, -0.2) is 11.7 Å². The van der Waals surface area contributed by atoms with Crippen LogP contribution in [0.1, 0.15) is 50.3 Å². The monoisotopic (exact) mass is 486 g/mol. The summed E-state index contributed by atoms with van der Waals surface area (Å²) in [6.45, 7) is 7.96. The molecular weight excluding hydrogens is 460 g/mol. The summed E-state index contributed by atoms with van der Waals surface area (Å²) in [7, 11) is 0. The zero-order valence-corrected chi connectivity index (χ0v) is 21.0.